The first-order valence-corrected chi connectivity index (χ1v) is 7.32. The zero-order valence-electron chi connectivity index (χ0n) is 13.0. The van der Waals surface area contributed by atoms with Crippen molar-refractivity contribution in [1.29, 1.82) is 0 Å². The number of aliphatic carboxylic acids is 1. The summed E-state index contributed by atoms with van der Waals surface area (Å²) in [5.41, 5.74) is 3.88. The van der Waals surface area contributed by atoms with Gasteiger partial charge in [0, 0.05) is 24.9 Å². The van der Waals surface area contributed by atoms with Gasteiger partial charge in [-0.2, -0.15) is 0 Å². The largest absolute Gasteiger partial charge is 0.478 e. The first-order valence-electron chi connectivity index (χ1n) is 7.32. The zero-order chi connectivity index (χ0) is 15.5. The molecule has 112 valence electrons. The maximum atomic E-state index is 10.5. The zero-order valence-corrected chi connectivity index (χ0v) is 13.0. The van der Waals surface area contributed by atoms with Gasteiger partial charge in [0.2, 0.25) is 0 Å². The van der Waals surface area contributed by atoms with Crippen LogP contribution >= 0.6 is 0 Å². The molecule has 0 radical (unpaired) electrons. The number of anilines is 1. The van der Waals surface area contributed by atoms with Gasteiger partial charge in [-0.25, -0.2) is 4.79 Å². The monoisotopic (exact) mass is 285 g/mol. The van der Waals surface area contributed by atoms with Crippen LogP contribution in [0.25, 0.3) is 6.08 Å². The average molecular weight is 285 g/mol. The van der Waals surface area contributed by atoms with Crippen molar-refractivity contribution in [2.45, 2.75) is 27.2 Å². The molecule has 1 N–H and O–H groups in total. The maximum absolute atomic E-state index is 10.5. The summed E-state index contributed by atoms with van der Waals surface area (Å²) < 4.78 is 0. The molecule has 1 heterocycles. The van der Waals surface area contributed by atoms with E-state index < -0.39 is 5.97 Å². The summed E-state index contributed by atoms with van der Waals surface area (Å²) in [4.78, 5) is 12.8. The lowest BCUT2D eigenvalue weighted by molar-refractivity contribution is -0.131. The molecular weight excluding hydrogens is 262 g/mol. The highest BCUT2D eigenvalue weighted by molar-refractivity contribution is 5.85. The molecule has 1 aliphatic rings. The van der Waals surface area contributed by atoms with E-state index in [1.165, 1.54) is 11.3 Å². The molecule has 1 aromatic carbocycles. The summed E-state index contributed by atoms with van der Waals surface area (Å²) in [6, 6.07) is 8.02. The van der Waals surface area contributed by atoms with Crippen LogP contribution in [0.5, 0.6) is 0 Å². The SMILES string of the molecule is CC(C)(C)C1=CCN(c2ccc(/C=C/C(=O)O)cc2)CC1. The minimum atomic E-state index is -0.921. The van der Waals surface area contributed by atoms with Crippen LogP contribution in [0.1, 0.15) is 32.8 Å². The van der Waals surface area contributed by atoms with Gasteiger partial charge in [-0.3, -0.25) is 0 Å². The Kier molecular flexibility index (Phi) is 4.51. The van der Waals surface area contributed by atoms with E-state index in [0.717, 1.165) is 31.1 Å². The summed E-state index contributed by atoms with van der Waals surface area (Å²) in [5.74, 6) is -0.921. The normalized spacial score (nSPS) is 16.1. The summed E-state index contributed by atoms with van der Waals surface area (Å²) in [7, 11) is 0. The molecule has 0 unspecified atom stereocenters. The molecule has 1 aromatic rings. The Labute approximate surface area is 126 Å². The van der Waals surface area contributed by atoms with Crippen LogP contribution in [0.15, 0.2) is 42.0 Å². The summed E-state index contributed by atoms with van der Waals surface area (Å²) in [6.45, 7) is 8.76. The molecular formula is C18H23NO2. The Hall–Kier alpha value is -2.03. The van der Waals surface area contributed by atoms with Crippen LogP contribution in [-0.4, -0.2) is 24.2 Å². The van der Waals surface area contributed by atoms with Crippen molar-refractivity contribution in [1.82, 2.24) is 0 Å². The second kappa shape index (κ2) is 6.17. The Morgan fingerprint density at radius 1 is 1.24 bits per heavy atom. The van der Waals surface area contributed by atoms with Crippen molar-refractivity contribution in [2.75, 3.05) is 18.0 Å². The van der Waals surface area contributed by atoms with E-state index in [4.69, 9.17) is 5.11 Å². The van der Waals surface area contributed by atoms with E-state index in [2.05, 4.69) is 43.9 Å². The van der Waals surface area contributed by atoms with Crippen LogP contribution < -0.4 is 4.90 Å². The van der Waals surface area contributed by atoms with Crippen LogP contribution in [-0.2, 0) is 4.79 Å². The van der Waals surface area contributed by atoms with E-state index in [1.807, 2.05) is 12.1 Å². The molecule has 0 spiro atoms. The van der Waals surface area contributed by atoms with Crippen molar-refractivity contribution in [2.24, 2.45) is 5.41 Å². The van der Waals surface area contributed by atoms with Gasteiger partial charge >= 0.3 is 5.97 Å². The standard InChI is InChI=1S/C18H23NO2/c1-18(2,3)15-10-12-19(13-11-15)16-7-4-14(5-8-16)6-9-17(20)21/h4-10H,11-13H2,1-3H3,(H,20,21)/b9-6+. The van der Waals surface area contributed by atoms with Gasteiger partial charge in [0.05, 0.1) is 0 Å². The lowest BCUT2D eigenvalue weighted by atomic mass is 9.83. The number of hydrogen-bond donors (Lipinski definition) is 1. The fourth-order valence-corrected chi connectivity index (χ4v) is 2.55. The molecule has 0 atom stereocenters. The molecule has 0 saturated carbocycles. The fraction of sp³-hybridized carbons (Fsp3) is 0.389. The van der Waals surface area contributed by atoms with Crippen molar-refractivity contribution in [3.05, 3.63) is 47.6 Å². The molecule has 21 heavy (non-hydrogen) atoms. The molecule has 0 fully saturated rings. The number of carbonyl (C=O) groups is 1. The van der Waals surface area contributed by atoms with Gasteiger partial charge in [-0.15, -0.1) is 0 Å². The van der Waals surface area contributed by atoms with Crippen LogP contribution in [0.4, 0.5) is 5.69 Å². The lowest BCUT2D eigenvalue weighted by Crippen LogP contribution is -2.31. The van der Waals surface area contributed by atoms with Crippen LogP contribution in [0.2, 0.25) is 0 Å². The van der Waals surface area contributed by atoms with E-state index in [0.29, 0.717) is 0 Å². The molecule has 0 bridgehead atoms. The molecule has 2 rings (SSSR count). The first-order chi connectivity index (χ1) is 9.86. The predicted molar refractivity (Wildman–Crippen MR) is 87.5 cm³/mol. The number of rotatable bonds is 3. The number of carboxylic acids is 1. The summed E-state index contributed by atoms with van der Waals surface area (Å²) in [6.07, 6.45) is 6.21. The Morgan fingerprint density at radius 3 is 2.38 bits per heavy atom. The van der Waals surface area contributed by atoms with Gasteiger partial charge in [0.25, 0.3) is 0 Å². The summed E-state index contributed by atoms with van der Waals surface area (Å²) >= 11 is 0. The quantitative estimate of drug-likeness (QED) is 0.675. The average Bonchev–Trinajstić information content (AvgIpc) is 2.45. The smallest absolute Gasteiger partial charge is 0.328 e. The molecule has 3 nitrogen and oxygen atoms in total. The molecule has 1 aliphatic heterocycles. The number of nitrogens with zero attached hydrogens (tertiary/aromatic N) is 1. The summed E-state index contributed by atoms with van der Waals surface area (Å²) in [5, 5.41) is 8.62. The number of hydrogen-bond acceptors (Lipinski definition) is 2. The van der Waals surface area contributed by atoms with Gasteiger partial charge in [0.1, 0.15) is 0 Å². The van der Waals surface area contributed by atoms with Gasteiger partial charge in [-0.05, 0) is 35.6 Å². The maximum Gasteiger partial charge on any atom is 0.328 e. The lowest BCUT2D eigenvalue weighted by Gasteiger charge is -2.33. The third-order valence-corrected chi connectivity index (χ3v) is 3.85. The highest BCUT2D eigenvalue weighted by atomic mass is 16.4. The van der Waals surface area contributed by atoms with E-state index >= 15 is 0 Å². The van der Waals surface area contributed by atoms with Gasteiger partial charge in [-0.1, -0.05) is 44.6 Å². The Bertz CT molecular complexity index is 562. The number of benzene rings is 1. The van der Waals surface area contributed by atoms with Crippen LogP contribution in [0.3, 0.4) is 0 Å². The molecule has 0 saturated heterocycles. The Morgan fingerprint density at radius 2 is 1.90 bits per heavy atom. The van der Waals surface area contributed by atoms with Crippen molar-refractivity contribution in [3.63, 3.8) is 0 Å². The molecule has 0 amide bonds. The highest BCUT2D eigenvalue weighted by Crippen LogP contribution is 2.31. The topological polar surface area (TPSA) is 40.5 Å². The fourth-order valence-electron chi connectivity index (χ4n) is 2.55. The second-order valence-corrected chi connectivity index (χ2v) is 6.44. The third-order valence-electron chi connectivity index (χ3n) is 3.85. The van der Waals surface area contributed by atoms with Crippen LogP contribution in [0, 0.1) is 5.41 Å². The minimum Gasteiger partial charge on any atom is -0.478 e. The molecule has 0 aliphatic carbocycles. The molecule has 3 heteroatoms. The molecule has 0 aromatic heterocycles. The van der Waals surface area contributed by atoms with Gasteiger partial charge < -0.3 is 10.0 Å². The van der Waals surface area contributed by atoms with Crippen molar-refractivity contribution >= 4 is 17.7 Å². The second-order valence-electron chi connectivity index (χ2n) is 6.44. The van der Waals surface area contributed by atoms with Crippen molar-refractivity contribution in [3.8, 4) is 0 Å². The first kappa shape index (κ1) is 15.4. The van der Waals surface area contributed by atoms with Crippen molar-refractivity contribution < 1.29 is 9.90 Å². The van der Waals surface area contributed by atoms with E-state index in [-0.39, 0.29) is 5.41 Å². The highest BCUT2D eigenvalue weighted by Gasteiger charge is 2.21. The predicted octanol–water partition coefficient (Wildman–Crippen LogP) is 3.97. The number of carboxylic acid groups (broad SMARTS) is 1. The van der Waals surface area contributed by atoms with Gasteiger partial charge in [0.15, 0.2) is 0 Å². The third kappa shape index (κ3) is 4.22. The van der Waals surface area contributed by atoms with E-state index in [9.17, 15) is 4.79 Å². The van der Waals surface area contributed by atoms with E-state index in [1.54, 1.807) is 6.08 Å². The minimum absolute atomic E-state index is 0.261. The Balaban J connectivity index is 2.04.